The van der Waals surface area contributed by atoms with E-state index in [1.807, 2.05) is 31.2 Å². The van der Waals surface area contributed by atoms with Crippen LogP contribution in [0.5, 0.6) is 0 Å². The number of hydrogen-bond donors (Lipinski definition) is 1. The molecule has 22 heavy (non-hydrogen) atoms. The van der Waals surface area contributed by atoms with Crippen LogP contribution in [0, 0.1) is 10.1 Å². The van der Waals surface area contributed by atoms with Crippen molar-refractivity contribution in [3.8, 4) is 0 Å². The van der Waals surface area contributed by atoms with Gasteiger partial charge in [-0.15, -0.1) is 0 Å². The molecule has 2 unspecified atom stereocenters. The zero-order valence-corrected chi connectivity index (χ0v) is 12.2. The smallest absolute Gasteiger partial charge is 0.269 e. The second kappa shape index (κ2) is 5.60. The molecule has 1 aliphatic rings. The normalized spacial score (nSPS) is 20.1. The molecule has 2 aromatic carbocycles. The van der Waals surface area contributed by atoms with E-state index in [0.717, 1.165) is 23.1 Å². The summed E-state index contributed by atoms with van der Waals surface area (Å²) in [5, 5.41) is 13.8. The Hall–Kier alpha value is -2.69. The molecule has 0 aromatic heterocycles. The summed E-state index contributed by atoms with van der Waals surface area (Å²) in [7, 11) is 0. The molecule has 1 amide bonds. The first-order valence-corrected chi connectivity index (χ1v) is 7.25. The van der Waals surface area contributed by atoms with Gasteiger partial charge in [0.2, 0.25) is 5.91 Å². The van der Waals surface area contributed by atoms with Gasteiger partial charge in [-0.05, 0) is 35.2 Å². The van der Waals surface area contributed by atoms with Crippen molar-refractivity contribution in [3.63, 3.8) is 0 Å². The molecular formula is C17H16N2O3. The Balaban J connectivity index is 2.04. The maximum atomic E-state index is 12.3. The number of carbonyl (C=O) groups excluding carboxylic acids is 1. The van der Waals surface area contributed by atoms with Crippen LogP contribution in [0.2, 0.25) is 0 Å². The number of amides is 1. The Kier molecular flexibility index (Phi) is 3.63. The van der Waals surface area contributed by atoms with Crippen LogP contribution in [-0.4, -0.2) is 10.8 Å². The Morgan fingerprint density at radius 2 is 1.73 bits per heavy atom. The number of hydrogen-bond acceptors (Lipinski definition) is 3. The van der Waals surface area contributed by atoms with Gasteiger partial charge in [-0.25, -0.2) is 0 Å². The van der Waals surface area contributed by atoms with Crippen LogP contribution in [0.1, 0.15) is 42.0 Å². The summed E-state index contributed by atoms with van der Waals surface area (Å²) in [4.78, 5) is 22.7. The minimum atomic E-state index is -0.426. The van der Waals surface area contributed by atoms with Crippen molar-refractivity contribution >= 4 is 11.6 Å². The Bertz CT molecular complexity index is 725. The highest BCUT2D eigenvalue weighted by atomic mass is 16.6. The van der Waals surface area contributed by atoms with Crippen LogP contribution >= 0.6 is 0 Å². The van der Waals surface area contributed by atoms with Gasteiger partial charge in [0.25, 0.3) is 5.69 Å². The lowest BCUT2D eigenvalue weighted by molar-refractivity contribution is -0.384. The number of fused-ring (bicyclic) bond motifs is 1. The van der Waals surface area contributed by atoms with Crippen molar-refractivity contribution < 1.29 is 9.72 Å². The van der Waals surface area contributed by atoms with Gasteiger partial charge in [-0.3, -0.25) is 14.9 Å². The Morgan fingerprint density at radius 3 is 2.32 bits per heavy atom. The number of nitrogens with zero attached hydrogens (tertiary/aromatic N) is 1. The molecule has 5 nitrogen and oxygen atoms in total. The third-order valence-electron chi connectivity index (χ3n) is 4.13. The molecule has 1 N–H and O–H groups in total. The number of benzene rings is 2. The second-order valence-electron chi connectivity index (χ2n) is 5.38. The van der Waals surface area contributed by atoms with E-state index in [0.29, 0.717) is 0 Å². The van der Waals surface area contributed by atoms with Crippen LogP contribution in [0.15, 0.2) is 48.5 Å². The van der Waals surface area contributed by atoms with Gasteiger partial charge in [-0.2, -0.15) is 0 Å². The molecule has 0 radical (unpaired) electrons. The zero-order chi connectivity index (χ0) is 15.7. The number of non-ortho nitro benzene ring substituents is 1. The van der Waals surface area contributed by atoms with Gasteiger partial charge in [0.1, 0.15) is 0 Å². The van der Waals surface area contributed by atoms with Crippen molar-refractivity contribution in [2.45, 2.75) is 25.3 Å². The summed E-state index contributed by atoms with van der Waals surface area (Å²) < 4.78 is 0. The first-order chi connectivity index (χ1) is 10.6. The summed E-state index contributed by atoms with van der Waals surface area (Å²) in [6, 6.07) is 14.0. The average Bonchev–Trinajstić information content (AvgIpc) is 2.54. The third-order valence-corrected chi connectivity index (χ3v) is 4.13. The highest BCUT2D eigenvalue weighted by Crippen LogP contribution is 2.36. The minimum absolute atomic E-state index is 0.00422. The SMILES string of the molecule is CCC1C(=O)NC(c2ccc([N+](=O)[O-])cc2)c2ccccc21. The van der Waals surface area contributed by atoms with E-state index in [9.17, 15) is 14.9 Å². The van der Waals surface area contributed by atoms with Crippen LogP contribution in [-0.2, 0) is 4.79 Å². The van der Waals surface area contributed by atoms with Crippen LogP contribution in [0.4, 0.5) is 5.69 Å². The summed E-state index contributed by atoms with van der Waals surface area (Å²) in [6.07, 6.45) is 0.746. The zero-order valence-electron chi connectivity index (χ0n) is 12.2. The lowest BCUT2D eigenvalue weighted by Crippen LogP contribution is -2.38. The van der Waals surface area contributed by atoms with Crippen LogP contribution in [0.25, 0.3) is 0 Å². The molecule has 0 fully saturated rings. The van der Waals surface area contributed by atoms with E-state index in [1.54, 1.807) is 12.1 Å². The summed E-state index contributed by atoms with van der Waals surface area (Å²) in [5.74, 6) is -0.130. The van der Waals surface area contributed by atoms with Crippen molar-refractivity contribution in [2.24, 2.45) is 0 Å². The summed E-state index contributed by atoms with van der Waals surface area (Å²) in [5.41, 5.74) is 2.99. The Labute approximate surface area is 128 Å². The number of rotatable bonds is 3. The van der Waals surface area contributed by atoms with Gasteiger partial charge in [0.05, 0.1) is 16.9 Å². The van der Waals surface area contributed by atoms with Crippen LogP contribution in [0.3, 0.4) is 0 Å². The first kappa shape index (κ1) is 14.3. The number of carbonyl (C=O) groups is 1. The second-order valence-corrected chi connectivity index (χ2v) is 5.38. The fraction of sp³-hybridized carbons (Fsp3) is 0.235. The molecule has 1 aliphatic heterocycles. The maximum absolute atomic E-state index is 12.3. The largest absolute Gasteiger partial charge is 0.345 e. The standard InChI is InChI=1S/C17H16N2O3/c1-2-13-14-5-3-4-6-15(14)16(18-17(13)20)11-7-9-12(10-8-11)19(21)22/h3-10,13,16H,2H2,1H3,(H,18,20). The monoisotopic (exact) mass is 296 g/mol. The molecule has 112 valence electrons. The highest BCUT2D eigenvalue weighted by molar-refractivity contribution is 5.87. The van der Waals surface area contributed by atoms with E-state index in [1.165, 1.54) is 12.1 Å². The van der Waals surface area contributed by atoms with E-state index in [2.05, 4.69) is 5.32 Å². The molecule has 2 aromatic rings. The summed E-state index contributed by atoms with van der Waals surface area (Å²) in [6.45, 7) is 1.99. The van der Waals surface area contributed by atoms with Gasteiger partial charge < -0.3 is 5.32 Å². The van der Waals surface area contributed by atoms with Crippen molar-refractivity contribution in [1.82, 2.24) is 5.32 Å². The van der Waals surface area contributed by atoms with E-state index < -0.39 is 4.92 Å². The van der Waals surface area contributed by atoms with Crippen molar-refractivity contribution in [2.75, 3.05) is 0 Å². The van der Waals surface area contributed by atoms with Gasteiger partial charge in [-0.1, -0.05) is 31.2 Å². The molecule has 5 heteroatoms. The predicted molar refractivity (Wildman–Crippen MR) is 82.6 cm³/mol. The van der Waals surface area contributed by atoms with Crippen molar-refractivity contribution in [3.05, 3.63) is 75.3 Å². The predicted octanol–water partition coefficient (Wildman–Crippen LogP) is 3.31. The van der Waals surface area contributed by atoms with Gasteiger partial charge >= 0.3 is 0 Å². The maximum Gasteiger partial charge on any atom is 0.269 e. The van der Waals surface area contributed by atoms with Crippen molar-refractivity contribution in [1.29, 1.82) is 0 Å². The van der Waals surface area contributed by atoms with E-state index >= 15 is 0 Å². The lowest BCUT2D eigenvalue weighted by Gasteiger charge is -2.31. The van der Waals surface area contributed by atoms with Crippen LogP contribution < -0.4 is 5.32 Å². The number of nitro benzene ring substituents is 1. The molecule has 1 heterocycles. The lowest BCUT2D eigenvalue weighted by atomic mass is 9.82. The van der Waals surface area contributed by atoms with E-state index in [4.69, 9.17) is 0 Å². The fourth-order valence-electron chi connectivity index (χ4n) is 3.01. The highest BCUT2D eigenvalue weighted by Gasteiger charge is 2.32. The van der Waals surface area contributed by atoms with Gasteiger partial charge in [0.15, 0.2) is 0 Å². The minimum Gasteiger partial charge on any atom is -0.345 e. The molecule has 0 bridgehead atoms. The fourth-order valence-corrected chi connectivity index (χ4v) is 3.01. The molecule has 3 rings (SSSR count). The van der Waals surface area contributed by atoms with Gasteiger partial charge in [0, 0.05) is 12.1 Å². The number of nitrogens with one attached hydrogen (secondary N) is 1. The molecular weight excluding hydrogens is 280 g/mol. The number of nitro groups is 1. The van der Waals surface area contributed by atoms with E-state index in [-0.39, 0.29) is 23.6 Å². The topological polar surface area (TPSA) is 72.2 Å². The molecule has 0 spiro atoms. The molecule has 0 saturated heterocycles. The first-order valence-electron chi connectivity index (χ1n) is 7.25. The third kappa shape index (κ3) is 2.35. The Morgan fingerprint density at radius 1 is 1.09 bits per heavy atom. The molecule has 0 saturated carbocycles. The quantitative estimate of drug-likeness (QED) is 0.697. The molecule has 0 aliphatic carbocycles. The summed E-state index contributed by atoms with van der Waals surface area (Å²) >= 11 is 0. The molecule has 2 atom stereocenters. The average molecular weight is 296 g/mol.